The Hall–Kier alpha value is -2.89. The maximum absolute atomic E-state index is 5.68. The summed E-state index contributed by atoms with van der Waals surface area (Å²) in [6.45, 7) is 7.72. The third-order valence-electron chi connectivity index (χ3n) is 5.92. The number of para-hydroxylation sites is 1. The van der Waals surface area contributed by atoms with E-state index in [0.29, 0.717) is 0 Å². The van der Waals surface area contributed by atoms with Gasteiger partial charge in [0.1, 0.15) is 11.5 Å². The number of nitrogens with zero attached hydrogens (tertiary/aromatic N) is 2. The number of hydrogen-bond donors (Lipinski definition) is 1. The van der Waals surface area contributed by atoms with Gasteiger partial charge in [0.15, 0.2) is 0 Å². The minimum Gasteiger partial charge on any atom is -0.379 e. The van der Waals surface area contributed by atoms with Crippen LogP contribution in [0, 0.1) is 6.92 Å². The molecule has 1 saturated heterocycles. The molecule has 2 aromatic heterocycles. The van der Waals surface area contributed by atoms with E-state index in [4.69, 9.17) is 9.26 Å². The van der Waals surface area contributed by atoms with E-state index >= 15 is 0 Å². The van der Waals surface area contributed by atoms with Crippen molar-refractivity contribution in [1.29, 1.82) is 0 Å². The summed E-state index contributed by atoms with van der Waals surface area (Å²) in [4.78, 5) is 6.17. The summed E-state index contributed by atoms with van der Waals surface area (Å²) in [5, 5.41) is 5.67. The van der Waals surface area contributed by atoms with E-state index in [2.05, 4.69) is 58.4 Å². The van der Waals surface area contributed by atoms with E-state index in [1.165, 1.54) is 10.9 Å². The monoisotopic (exact) mass is 387 g/mol. The molecule has 0 saturated carbocycles. The molecule has 1 atom stereocenters. The van der Waals surface area contributed by atoms with E-state index in [0.717, 1.165) is 60.1 Å². The molecule has 5 nitrogen and oxygen atoms in total. The molecule has 3 heterocycles. The molecule has 148 valence electrons. The van der Waals surface area contributed by atoms with E-state index in [1.807, 2.05) is 25.1 Å². The van der Waals surface area contributed by atoms with Crippen LogP contribution in [0.4, 0.5) is 0 Å². The van der Waals surface area contributed by atoms with Crippen molar-refractivity contribution in [2.75, 3.05) is 26.3 Å². The van der Waals surface area contributed by atoms with Crippen LogP contribution in [0.3, 0.4) is 0 Å². The number of morpholine rings is 1. The SMILES string of the molecule is Cc1onc(-c2ccccc2)c1-c1[nH]c2ccccc2c1C(C)N1CCOCC1. The van der Waals surface area contributed by atoms with Crippen molar-refractivity contribution in [3.8, 4) is 22.5 Å². The van der Waals surface area contributed by atoms with E-state index in [9.17, 15) is 0 Å². The lowest BCUT2D eigenvalue weighted by Gasteiger charge is -2.32. The molecule has 1 aliphatic rings. The topological polar surface area (TPSA) is 54.3 Å². The van der Waals surface area contributed by atoms with Gasteiger partial charge in [0.25, 0.3) is 0 Å². The Balaban J connectivity index is 1.72. The van der Waals surface area contributed by atoms with Gasteiger partial charge in [0.2, 0.25) is 0 Å². The van der Waals surface area contributed by atoms with Crippen molar-refractivity contribution in [2.45, 2.75) is 19.9 Å². The van der Waals surface area contributed by atoms with E-state index < -0.39 is 0 Å². The van der Waals surface area contributed by atoms with Crippen LogP contribution in [0.25, 0.3) is 33.4 Å². The summed E-state index contributed by atoms with van der Waals surface area (Å²) >= 11 is 0. The maximum Gasteiger partial charge on any atom is 0.143 e. The smallest absolute Gasteiger partial charge is 0.143 e. The van der Waals surface area contributed by atoms with Crippen LogP contribution >= 0.6 is 0 Å². The van der Waals surface area contributed by atoms with Gasteiger partial charge in [-0.3, -0.25) is 4.90 Å². The number of fused-ring (bicyclic) bond motifs is 1. The quantitative estimate of drug-likeness (QED) is 0.523. The summed E-state index contributed by atoms with van der Waals surface area (Å²) in [5.74, 6) is 0.825. The Labute approximate surface area is 170 Å². The number of nitrogens with one attached hydrogen (secondary N) is 1. The van der Waals surface area contributed by atoms with Crippen molar-refractivity contribution in [1.82, 2.24) is 15.0 Å². The normalized spacial score (nSPS) is 16.3. The van der Waals surface area contributed by atoms with Crippen LogP contribution < -0.4 is 0 Å². The minimum absolute atomic E-state index is 0.253. The Morgan fingerprint density at radius 1 is 1.00 bits per heavy atom. The molecule has 29 heavy (non-hydrogen) atoms. The fraction of sp³-hybridized carbons (Fsp3) is 0.292. The summed E-state index contributed by atoms with van der Waals surface area (Å²) in [6.07, 6.45) is 0. The van der Waals surface area contributed by atoms with Crippen molar-refractivity contribution in [2.24, 2.45) is 0 Å². The number of aryl methyl sites for hydroxylation is 1. The van der Waals surface area contributed by atoms with Crippen molar-refractivity contribution < 1.29 is 9.26 Å². The second kappa shape index (κ2) is 7.50. The Kier molecular flexibility index (Phi) is 4.70. The number of rotatable bonds is 4. The van der Waals surface area contributed by atoms with Crippen LogP contribution in [0.2, 0.25) is 0 Å². The third kappa shape index (κ3) is 3.16. The van der Waals surface area contributed by atoms with Crippen LogP contribution in [0.1, 0.15) is 24.3 Å². The third-order valence-corrected chi connectivity index (χ3v) is 5.92. The molecule has 5 rings (SSSR count). The molecular formula is C24H25N3O2. The first kappa shape index (κ1) is 18.2. The molecule has 1 unspecified atom stereocenters. The van der Waals surface area contributed by atoms with Crippen LogP contribution in [-0.2, 0) is 4.74 Å². The van der Waals surface area contributed by atoms with Gasteiger partial charge >= 0.3 is 0 Å². The van der Waals surface area contributed by atoms with E-state index in [-0.39, 0.29) is 6.04 Å². The standard InChI is InChI=1S/C24H25N3O2/c1-16(27-12-14-28-15-13-27)21-19-10-6-7-11-20(19)25-24(21)22-17(2)29-26-23(22)18-8-4-3-5-9-18/h3-11,16,25H,12-15H2,1-2H3. The molecule has 1 N–H and O–H groups in total. The summed E-state index contributed by atoms with van der Waals surface area (Å²) in [7, 11) is 0. The summed E-state index contributed by atoms with van der Waals surface area (Å²) in [6, 6.07) is 19.0. The zero-order valence-corrected chi connectivity index (χ0v) is 16.8. The first-order valence-corrected chi connectivity index (χ1v) is 10.2. The average molecular weight is 387 g/mol. The lowest BCUT2D eigenvalue weighted by atomic mass is 9.95. The number of benzene rings is 2. The highest BCUT2D eigenvalue weighted by Gasteiger charge is 2.28. The highest BCUT2D eigenvalue weighted by molar-refractivity contribution is 5.94. The zero-order valence-electron chi connectivity index (χ0n) is 16.8. The van der Waals surface area contributed by atoms with Gasteiger partial charge in [-0.2, -0.15) is 0 Å². The fourth-order valence-electron chi connectivity index (χ4n) is 4.40. The Bertz CT molecular complexity index is 1120. The molecule has 0 aliphatic carbocycles. The molecule has 4 aromatic rings. The number of ether oxygens (including phenoxy) is 1. The largest absolute Gasteiger partial charge is 0.379 e. The predicted molar refractivity (Wildman–Crippen MR) is 115 cm³/mol. The fourth-order valence-corrected chi connectivity index (χ4v) is 4.40. The molecule has 1 fully saturated rings. The van der Waals surface area contributed by atoms with Crippen LogP contribution in [0.5, 0.6) is 0 Å². The first-order chi connectivity index (χ1) is 14.2. The van der Waals surface area contributed by atoms with E-state index in [1.54, 1.807) is 0 Å². The molecule has 2 aromatic carbocycles. The second-order valence-electron chi connectivity index (χ2n) is 7.61. The molecule has 5 heteroatoms. The zero-order chi connectivity index (χ0) is 19.8. The predicted octanol–water partition coefficient (Wildman–Crippen LogP) is 5.19. The maximum atomic E-state index is 5.68. The minimum atomic E-state index is 0.253. The Morgan fingerprint density at radius 3 is 2.52 bits per heavy atom. The molecule has 0 spiro atoms. The lowest BCUT2D eigenvalue weighted by Crippen LogP contribution is -2.38. The highest BCUT2D eigenvalue weighted by Crippen LogP contribution is 2.42. The molecule has 0 amide bonds. The van der Waals surface area contributed by atoms with Gasteiger partial charge in [-0.25, -0.2) is 0 Å². The van der Waals surface area contributed by atoms with Crippen LogP contribution in [-0.4, -0.2) is 41.3 Å². The van der Waals surface area contributed by atoms with Crippen LogP contribution in [0.15, 0.2) is 59.1 Å². The molecule has 0 radical (unpaired) electrons. The van der Waals surface area contributed by atoms with Gasteiger partial charge in [-0.05, 0) is 19.9 Å². The molecule has 1 aliphatic heterocycles. The number of hydrogen-bond acceptors (Lipinski definition) is 4. The van der Waals surface area contributed by atoms with Crippen molar-refractivity contribution >= 4 is 10.9 Å². The number of aromatic nitrogens is 2. The Morgan fingerprint density at radius 2 is 1.72 bits per heavy atom. The molecular weight excluding hydrogens is 362 g/mol. The van der Waals surface area contributed by atoms with Gasteiger partial charge in [-0.1, -0.05) is 53.7 Å². The van der Waals surface area contributed by atoms with Crippen molar-refractivity contribution in [3.05, 3.63) is 65.9 Å². The summed E-state index contributed by atoms with van der Waals surface area (Å²) in [5.41, 5.74) is 6.52. The lowest BCUT2D eigenvalue weighted by molar-refractivity contribution is 0.0202. The number of aromatic amines is 1. The second-order valence-corrected chi connectivity index (χ2v) is 7.61. The first-order valence-electron chi connectivity index (χ1n) is 10.2. The number of H-pyrrole nitrogens is 1. The van der Waals surface area contributed by atoms with Gasteiger partial charge in [-0.15, -0.1) is 0 Å². The van der Waals surface area contributed by atoms with Gasteiger partial charge in [0.05, 0.1) is 24.5 Å². The van der Waals surface area contributed by atoms with Crippen molar-refractivity contribution in [3.63, 3.8) is 0 Å². The highest BCUT2D eigenvalue weighted by atomic mass is 16.5. The molecule has 0 bridgehead atoms. The van der Waals surface area contributed by atoms with Gasteiger partial charge < -0.3 is 14.2 Å². The average Bonchev–Trinajstić information content (AvgIpc) is 3.34. The summed E-state index contributed by atoms with van der Waals surface area (Å²) < 4.78 is 11.3. The van der Waals surface area contributed by atoms with Gasteiger partial charge in [0, 0.05) is 41.2 Å².